The lowest BCUT2D eigenvalue weighted by Crippen LogP contribution is -2.25. The summed E-state index contributed by atoms with van der Waals surface area (Å²) in [5.74, 6) is -0.859. The first-order valence-corrected chi connectivity index (χ1v) is 6.77. The summed E-state index contributed by atoms with van der Waals surface area (Å²) in [4.78, 5) is 13.3. The Bertz CT molecular complexity index is 369. The normalized spacial score (nSPS) is 10.3. The van der Waals surface area contributed by atoms with E-state index in [1.54, 1.807) is 12.1 Å². The van der Waals surface area contributed by atoms with Crippen molar-refractivity contribution >= 4 is 11.7 Å². The van der Waals surface area contributed by atoms with E-state index in [1.807, 2.05) is 12.1 Å². The van der Waals surface area contributed by atoms with Crippen molar-refractivity contribution in [1.82, 2.24) is 0 Å². The molecule has 1 aromatic carbocycles. The summed E-state index contributed by atoms with van der Waals surface area (Å²) in [6.07, 6.45) is 4.59. The fraction of sp³-hybridized carbons (Fsp3) is 0.533. The van der Waals surface area contributed by atoms with Gasteiger partial charge in [-0.15, -0.1) is 0 Å². The van der Waals surface area contributed by atoms with Gasteiger partial charge in [0.05, 0.1) is 5.56 Å². The zero-order valence-corrected chi connectivity index (χ0v) is 11.4. The van der Waals surface area contributed by atoms with Gasteiger partial charge in [0.15, 0.2) is 0 Å². The number of carbonyl (C=O) groups is 1. The molecular formula is C15H23NO2. The molecule has 100 valence electrons. The largest absolute Gasteiger partial charge is 0.478 e. The minimum absolute atomic E-state index is 0.366. The van der Waals surface area contributed by atoms with Crippen LogP contribution in [0, 0.1) is 0 Å². The summed E-state index contributed by atoms with van der Waals surface area (Å²) in [5, 5.41) is 9.02. The first-order valence-electron chi connectivity index (χ1n) is 6.77. The van der Waals surface area contributed by atoms with Crippen LogP contribution >= 0.6 is 0 Å². The van der Waals surface area contributed by atoms with Gasteiger partial charge in [-0.25, -0.2) is 4.79 Å². The molecular weight excluding hydrogens is 226 g/mol. The van der Waals surface area contributed by atoms with E-state index in [0.29, 0.717) is 5.56 Å². The average molecular weight is 249 g/mol. The molecule has 3 heteroatoms. The second kappa shape index (κ2) is 7.75. The summed E-state index contributed by atoms with van der Waals surface area (Å²) in [7, 11) is 0. The minimum atomic E-state index is -0.859. The number of benzene rings is 1. The van der Waals surface area contributed by atoms with E-state index < -0.39 is 5.97 Å². The maximum absolute atomic E-state index is 11.0. The van der Waals surface area contributed by atoms with Crippen LogP contribution in [0.2, 0.25) is 0 Å². The van der Waals surface area contributed by atoms with Crippen LogP contribution in [-0.2, 0) is 0 Å². The maximum Gasteiger partial charge on any atom is 0.335 e. The SMILES string of the molecule is CCCCN(CCCC)c1cccc(C(=O)O)c1. The van der Waals surface area contributed by atoms with Crippen LogP contribution in [0.5, 0.6) is 0 Å². The van der Waals surface area contributed by atoms with Gasteiger partial charge in [0.2, 0.25) is 0 Å². The molecule has 0 saturated heterocycles. The van der Waals surface area contributed by atoms with Crippen LogP contribution in [0.15, 0.2) is 24.3 Å². The van der Waals surface area contributed by atoms with E-state index >= 15 is 0 Å². The van der Waals surface area contributed by atoms with Crippen LogP contribution in [-0.4, -0.2) is 24.2 Å². The van der Waals surface area contributed by atoms with E-state index in [2.05, 4.69) is 18.7 Å². The second-order valence-electron chi connectivity index (χ2n) is 4.55. The number of rotatable bonds is 8. The van der Waals surface area contributed by atoms with Crippen molar-refractivity contribution < 1.29 is 9.90 Å². The Kier molecular flexibility index (Phi) is 6.26. The monoisotopic (exact) mass is 249 g/mol. The van der Waals surface area contributed by atoms with E-state index in [1.165, 1.54) is 0 Å². The third-order valence-electron chi connectivity index (χ3n) is 3.02. The molecule has 0 aromatic heterocycles. The lowest BCUT2D eigenvalue weighted by Gasteiger charge is -2.25. The highest BCUT2D eigenvalue weighted by molar-refractivity contribution is 5.88. The zero-order valence-electron chi connectivity index (χ0n) is 11.4. The Balaban J connectivity index is 2.82. The Morgan fingerprint density at radius 2 is 1.78 bits per heavy atom. The molecule has 1 aromatic rings. The molecule has 0 radical (unpaired) electrons. The van der Waals surface area contributed by atoms with Gasteiger partial charge in [0.1, 0.15) is 0 Å². The molecule has 0 saturated carbocycles. The molecule has 18 heavy (non-hydrogen) atoms. The van der Waals surface area contributed by atoms with Crippen LogP contribution < -0.4 is 4.90 Å². The smallest absolute Gasteiger partial charge is 0.335 e. The molecule has 0 spiro atoms. The first kappa shape index (κ1) is 14.6. The fourth-order valence-corrected chi connectivity index (χ4v) is 1.90. The van der Waals surface area contributed by atoms with Gasteiger partial charge in [-0.3, -0.25) is 0 Å². The van der Waals surface area contributed by atoms with E-state index in [-0.39, 0.29) is 0 Å². The highest BCUT2D eigenvalue weighted by atomic mass is 16.4. The van der Waals surface area contributed by atoms with Gasteiger partial charge in [0.25, 0.3) is 0 Å². The molecule has 1 rings (SSSR count). The zero-order chi connectivity index (χ0) is 13.4. The molecule has 3 nitrogen and oxygen atoms in total. The fourth-order valence-electron chi connectivity index (χ4n) is 1.90. The maximum atomic E-state index is 11.0. The van der Waals surface area contributed by atoms with Crippen molar-refractivity contribution in [3.05, 3.63) is 29.8 Å². The predicted octanol–water partition coefficient (Wildman–Crippen LogP) is 3.79. The van der Waals surface area contributed by atoms with Crippen LogP contribution in [0.25, 0.3) is 0 Å². The Morgan fingerprint density at radius 3 is 2.28 bits per heavy atom. The third-order valence-corrected chi connectivity index (χ3v) is 3.02. The van der Waals surface area contributed by atoms with Gasteiger partial charge in [0, 0.05) is 18.8 Å². The summed E-state index contributed by atoms with van der Waals surface area (Å²) in [5.41, 5.74) is 1.39. The molecule has 0 unspecified atom stereocenters. The minimum Gasteiger partial charge on any atom is -0.478 e. The quantitative estimate of drug-likeness (QED) is 0.762. The number of anilines is 1. The molecule has 0 amide bonds. The van der Waals surface area contributed by atoms with Gasteiger partial charge in [-0.1, -0.05) is 32.8 Å². The van der Waals surface area contributed by atoms with Crippen molar-refractivity contribution in [1.29, 1.82) is 0 Å². The van der Waals surface area contributed by atoms with Gasteiger partial charge in [-0.05, 0) is 31.0 Å². The standard InChI is InChI=1S/C15H23NO2/c1-3-5-10-16(11-6-4-2)14-9-7-8-13(12-14)15(17)18/h7-9,12H,3-6,10-11H2,1-2H3,(H,17,18). The number of hydrogen-bond acceptors (Lipinski definition) is 2. The molecule has 0 aliphatic heterocycles. The predicted molar refractivity (Wildman–Crippen MR) is 75.4 cm³/mol. The third kappa shape index (κ3) is 4.40. The van der Waals surface area contributed by atoms with Crippen molar-refractivity contribution in [2.45, 2.75) is 39.5 Å². The summed E-state index contributed by atoms with van der Waals surface area (Å²) < 4.78 is 0. The lowest BCUT2D eigenvalue weighted by molar-refractivity contribution is 0.0697. The highest BCUT2D eigenvalue weighted by Crippen LogP contribution is 2.18. The van der Waals surface area contributed by atoms with Gasteiger partial charge < -0.3 is 10.0 Å². The molecule has 0 aliphatic carbocycles. The van der Waals surface area contributed by atoms with Gasteiger partial charge in [-0.2, -0.15) is 0 Å². The van der Waals surface area contributed by atoms with E-state index in [4.69, 9.17) is 5.11 Å². The number of carboxylic acid groups (broad SMARTS) is 1. The molecule has 0 aliphatic rings. The number of hydrogen-bond donors (Lipinski definition) is 1. The Labute approximate surface area is 109 Å². The van der Waals surface area contributed by atoms with Crippen LogP contribution in [0.1, 0.15) is 49.9 Å². The van der Waals surface area contributed by atoms with E-state index in [9.17, 15) is 4.79 Å². The molecule has 0 bridgehead atoms. The highest BCUT2D eigenvalue weighted by Gasteiger charge is 2.08. The second-order valence-corrected chi connectivity index (χ2v) is 4.55. The number of unbranched alkanes of at least 4 members (excludes halogenated alkanes) is 2. The molecule has 0 heterocycles. The van der Waals surface area contributed by atoms with E-state index in [0.717, 1.165) is 44.5 Å². The van der Waals surface area contributed by atoms with Crippen LogP contribution in [0.3, 0.4) is 0 Å². The summed E-state index contributed by atoms with van der Waals surface area (Å²) >= 11 is 0. The number of carboxylic acids is 1. The van der Waals surface area contributed by atoms with Crippen molar-refractivity contribution in [3.63, 3.8) is 0 Å². The topological polar surface area (TPSA) is 40.5 Å². The number of nitrogens with zero attached hydrogens (tertiary/aromatic N) is 1. The molecule has 1 N–H and O–H groups in total. The molecule has 0 fully saturated rings. The Hall–Kier alpha value is -1.51. The van der Waals surface area contributed by atoms with Crippen molar-refractivity contribution in [2.24, 2.45) is 0 Å². The van der Waals surface area contributed by atoms with Crippen molar-refractivity contribution in [3.8, 4) is 0 Å². The number of aromatic carboxylic acids is 1. The van der Waals surface area contributed by atoms with Gasteiger partial charge >= 0.3 is 5.97 Å². The summed E-state index contributed by atoms with van der Waals surface area (Å²) in [6, 6.07) is 7.23. The Morgan fingerprint density at radius 1 is 1.17 bits per heavy atom. The average Bonchev–Trinajstić information content (AvgIpc) is 2.39. The lowest BCUT2D eigenvalue weighted by atomic mass is 10.1. The first-order chi connectivity index (χ1) is 8.69. The molecule has 0 atom stereocenters. The van der Waals surface area contributed by atoms with Crippen molar-refractivity contribution in [2.75, 3.05) is 18.0 Å². The van der Waals surface area contributed by atoms with Crippen LogP contribution in [0.4, 0.5) is 5.69 Å². The summed E-state index contributed by atoms with van der Waals surface area (Å²) in [6.45, 7) is 6.34.